The summed E-state index contributed by atoms with van der Waals surface area (Å²) < 4.78 is 1.11. The molecule has 0 atom stereocenters. The van der Waals surface area contributed by atoms with E-state index in [0.29, 0.717) is 11.3 Å². The number of hydrogen-bond acceptors (Lipinski definition) is 4. The van der Waals surface area contributed by atoms with Crippen LogP contribution in [-0.2, 0) is 0 Å². The van der Waals surface area contributed by atoms with Crippen LogP contribution in [0.2, 0.25) is 5.02 Å². The van der Waals surface area contributed by atoms with Crippen LogP contribution in [0.15, 0.2) is 29.6 Å². The van der Waals surface area contributed by atoms with Gasteiger partial charge in [0.15, 0.2) is 5.69 Å². The highest BCUT2D eigenvalue weighted by molar-refractivity contribution is 7.17. The topological polar surface area (TPSA) is 76.2 Å². The highest BCUT2D eigenvalue weighted by atomic mass is 35.5. The number of nitrogens with zero attached hydrogens (tertiary/aromatic N) is 1. The molecular weight excluding hydrogens is 308 g/mol. The molecule has 3 rings (SSSR count). The molecule has 0 aliphatic rings. The van der Waals surface area contributed by atoms with Crippen molar-refractivity contribution in [3.05, 3.63) is 45.9 Å². The maximum absolute atomic E-state index is 11.2. The molecule has 0 unspecified atom stereocenters. The van der Waals surface area contributed by atoms with E-state index in [9.17, 15) is 9.90 Å². The lowest BCUT2D eigenvalue weighted by Gasteiger charge is -2.12. The van der Waals surface area contributed by atoms with Crippen molar-refractivity contribution in [3.63, 3.8) is 0 Å². The molecule has 4 nitrogen and oxygen atoms in total. The number of carboxylic acid groups (broad SMARTS) is 1. The maximum atomic E-state index is 11.2. The summed E-state index contributed by atoms with van der Waals surface area (Å²) in [6.07, 6.45) is 0. The highest BCUT2D eigenvalue weighted by Gasteiger charge is 2.19. The monoisotopic (exact) mass is 318 g/mol. The van der Waals surface area contributed by atoms with Gasteiger partial charge in [-0.2, -0.15) is 0 Å². The van der Waals surface area contributed by atoms with E-state index in [-0.39, 0.29) is 16.4 Å². The number of anilines is 1. The lowest BCUT2D eigenvalue weighted by molar-refractivity contribution is 0.0691. The number of benzene rings is 1. The smallest absolute Gasteiger partial charge is 0.356 e. The summed E-state index contributed by atoms with van der Waals surface area (Å²) in [4.78, 5) is 15.4. The van der Waals surface area contributed by atoms with E-state index in [0.717, 1.165) is 15.6 Å². The molecule has 0 aliphatic carbocycles. The van der Waals surface area contributed by atoms with Gasteiger partial charge in [0.05, 0.1) is 16.4 Å². The second-order valence-electron chi connectivity index (χ2n) is 4.64. The molecular formula is C15H11ClN2O2S. The van der Waals surface area contributed by atoms with Crippen molar-refractivity contribution >= 4 is 44.7 Å². The van der Waals surface area contributed by atoms with Crippen molar-refractivity contribution in [2.24, 2.45) is 0 Å². The number of carbonyl (C=O) groups is 1. The summed E-state index contributed by atoms with van der Waals surface area (Å²) in [5, 5.41) is 12.3. The van der Waals surface area contributed by atoms with Gasteiger partial charge in [-0.3, -0.25) is 0 Å². The van der Waals surface area contributed by atoms with Crippen LogP contribution >= 0.6 is 22.9 Å². The van der Waals surface area contributed by atoms with Crippen LogP contribution in [0, 0.1) is 6.92 Å². The number of fused-ring (bicyclic) bond motifs is 1. The van der Waals surface area contributed by atoms with Crippen LogP contribution in [0.3, 0.4) is 0 Å². The van der Waals surface area contributed by atoms with Gasteiger partial charge in [0, 0.05) is 10.3 Å². The quantitative estimate of drug-likeness (QED) is 0.742. The van der Waals surface area contributed by atoms with Crippen molar-refractivity contribution in [1.82, 2.24) is 4.98 Å². The summed E-state index contributed by atoms with van der Waals surface area (Å²) in [5.41, 5.74) is 8.01. The lowest BCUT2D eigenvalue weighted by atomic mass is 10.0. The molecule has 0 fully saturated rings. The first-order valence-corrected chi connectivity index (χ1v) is 7.41. The number of halogens is 1. The Morgan fingerprint density at radius 3 is 2.86 bits per heavy atom. The number of carboxylic acids is 1. The average Bonchev–Trinajstić information content (AvgIpc) is 2.92. The van der Waals surface area contributed by atoms with E-state index in [2.05, 4.69) is 4.98 Å². The van der Waals surface area contributed by atoms with Crippen molar-refractivity contribution in [3.8, 4) is 11.3 Å². The predicted molar refractivity (Wildman–Crippen MR) is 86.2 cm³/mol. The number of thiophene rings is 1. The van der Waals surface area contributed by atoms with Gasteiger partial charge in [0.2, 0.25) is 0 Å². The molecule has 0 radical (unpaired) electrons. The summed E-state index contributed by atoms with van der Waals surface area (Å²) in [6, 6.07) is 7.90. The second kappa shape index (κ2) is 5.02. The third-order valence-corrected chi connectivity index (χ3v) is 4.62. The zero-order valence-corrected chi connectivity index (χ0v) is 12.6. The van der Waals surface area contributed by atoms with Crippen LogP contribution in [0.4, 0.5) is 5.69 Å². The Labute approximate surface area is 129 Å². The Morgan fingerprint density at radius 1 is 1.38 bits per heavy atom. The van der Waals surface area contributed by atoms with Crippen LogP contribution in [0.5, 0.6) is 0 Å². The third-order valence-electron chi connectivity index (χ3n) is 3.36. The normalized spacial score (nSPS) is 11.0. The van der Waals surface area contributed by atoms with Gasteiger partial charge in [0.1, 0.15) is 0 Å². The SMILES string of the molecule is Cc1c(-c2ccc3ccsc3c2)nc(C(=O)O)c(Cl)c1N. The molecule has 0 saturated carbocycles. The van der Waals surface area contributed by atoms with Gasteiger partial charge in [-0.05, 0) is 35.4 Å². The number of rotatable bonds is 2. The van der Waals surface area contributed by atoms with Gasteiger partial charge >= 0.3 is 5.97 Å². The Balaban J connectivity index is 2.28. The molecule has 1 aromatic carbocycles. The predicted octanol–water partition coefficient (Wildman–Crippen LogP) is 4.21. The van der Waals surface area contributed by atoms with E-state index in [1.54, 1.807) is 18.3 Å². The molecule has 2 aromatic heterocycles. The molecule has 106 valence electrons. The first-order valence-electron chi connectivity index (χ1n) is 6.15. The first-order chi connectivity index (χ1) is 9.99. The van der Waals surface area contributed by atoms with Crippen molar-refractivity contribution in [1.29, 1.82) is 0 Å². The zero-order valence-electron chi connectivity index (χ0n) is 11.1. The van der Waals surface area contributed by atoms with Crippen molar-refractivity contribution in [2.45, 2.75) is 6.92 Å². The summed E-state index contributed by atoms with van der Waals surface area (Å²) >= 11 is 7.58. The minimum absolute atomic E-state index is 0.0130. The van der Waals surface area contributed by atoms with Gasteiger partial charge in [-0.25, -0.2) is 9.78 Å². The maximum Gasteiger partial charge on any atom is 0.356 e. The van der Waals surface area contributed by atoms with Gasteiger partial charge < -0.3 is 10.8 Å². The Kier molecular flexibility index (Phi) is 3.31. The molecule has 21 heavy (non-hydrogen) atoms. The summed E-state index contributed by atoms with van der Waals surface area (Å²) in [6.45, 7) is 1.79. The number of nitrogens with two attached hydrogens (primary N) is 1. The van der Waals surface area contributed by atoms with Gasteiger partial charge in [-0.15, -0.1) is 11.3 Å². The zero-order chi connectivity index (χ0) is 15.1. The fraction of sp³-hybridized carbons (Fsp3) is 0.0667. The standard InChI is InChI=1S/C15H11ClN2O2S/c1-7-12(17)11(16)14(15(19)20)18-13(7)9-3-2-8-4-5-21-10(8)6-9/h2-6H,1H3,(H2,17,18)(H,19,20). The molecule has 0 spiro atoms. The molecule has 0 aliphatic heterocycles. The lowest BCUT2D eigenvalue weighted by Crippen LogP contribution is -2.07. The van der Waals surface area contributed by atoms with Gasteiger partial charge in [-0.1, -0.05) is 23.7 Å². The molecule has 6 heteroatoms. The van der Waals surface area contributed by atoms with E-state index >= 15 is 0 Å². The third kappa shape index (κ3) is 2.24. The van der Waals surface area contributed by atoms with Crippen molar-refractivity contribution < 1.29 is 9.90 Å². The Morgan fingerprint density at radius 2 is 2.14 bits per heavy atom. The summed E-state index contributed by atoms with van der Waals surface area (Å²) in [7, 11) is 0. The minimum Gasteiger partial charge on any atom is -0.476 e. The molecule has 0 amide bonds. The highest BCUT2D eigenvalue weighted by Crippen LogP contribution is 2.34. The number of aromatic carboxylic acids is 1. The average molecular weight is 319 g/mol. The molecule has 0 bridgehead atoms. The minimum atomic E-state index is -1.19. The van der Waals surface area contributed by atoms with E-state index < -0.39 is 5.97 Å². The van der Waals surface area contributed by atoms with Crippen LogP contribution < -0.4 is 5.73 Å². The fourth-order valence-corrected chi connectivity index (χ4v) is 3.28. The Hall–Kier alpha value is -2.11. The van der Waals surface area contributed by atoms with E-state index in [1.165, 1.54) is 0 Å². The largest absolute Gasteiger partial charge is 0.476 e. The molecule has 3 aromatic rings. The van der Waals surface area contributed by atoms with E-state index in [1.807, 2.05) is 29.6 Å². The van der Waals surface area contributed by atoms with E-state index in [4.69, 9.17) is 17.3 Å². The van der Waals surface area contributed by atoms with Crippen molar-refractivity contribution in [2.75, 3.05) is 5.73 Å². The molecule has 0 saturated heterocycles. The number of nitrogen functional groups attached to an aromatic ring is 1. The van der Waals surface area contributed by atoms with Crippen LogP contribution in [-0.4, -0.2) is 16.1 Å². The van der Waals surface area contributed by atoms with Crippen LogP contribution in [0.25, 0.3) is 21.3 Å². The first kappa shape index (κ1) is 13.9. The second-order valence-corrected chi connectivity index (χ2v) is 5.97. The number of hydrogen-bond donors (Lipinski definition) is 2. The Bertz CT molecular complexity index is 873. The van der Waals surface area contributed by atoms with Crippen LogP contribution in [0.1, 0.15) is 16.1 Å². The fourth-order valence-electron chi connectivity index (χ4n) is 2.19. The molecule has 3 N–H and O–H groups in total. The molecule has 2 heterocycles. The number of pyridine rings is 1. The summed E-state index contributed by atoms with van der Waals surface area (Å²) in [5.74, 6) is -1.19. The number of aromatic nitrogens is 1. The van der Waals surface area contributed by atoms with Gasteiger partial charge in [0.25, 0.3) is 0 Å².